The number of anilines is 2. The highest BCUT2D eigenvalue weighted by Gasteiger charge is 2.33. The number of carbonyl (C=O) groups is 3. The summed E-state index contributed by atoms with van der Waals surface area (Å²) in [5, 5.41) is 3.09. The molecule has 32 heavy (non-hydrogen) atoms. The topological polar surface area (TPSA) is 131 Å². The quantitative estimate of drug-likeness (QED) is 0.586. The van der Waals surface area contributed by atoms with Crippen molar-refractivity contribution in [2.75, 3.05) is 10.6 Å². The van der Waals surface area contributed by atoms with Gasteiger partial charge in [-0.05, 0) is 54.9 Å². The molecule has 1 aliphatic carbocycles. The van der Waals surface area contributed by atoms with Crippen molar-refractivity contribution in [3.05, 3.63) is 40.4 Å². The normalized spacial score (nSPS) is 15.4. The number of nitrogens with one attached hydrogen (secondary N) is 1. The van der Waals surface area contributed by atoms with E-state index in [4.69, 9.17) is 11.5 Å². The van der Waals surface area contributed by atoms with E-state index in [-0.39, 0.29) is 28.2 Å². The van der Waals surface area contributed by atoms with Gasteiger partial charge in [-0.1, -0.05) is 45.2 Å². The van der Waals surface area contributed by atoms with Crippen LogP contribution < -0.4 is 21.7 Å². The van der Waals surface area contributed by atoms with Gasteiger partial charge in [-0.3, -0.25) is 19.3 Å². The van der Waals surface area contributed by atoms with Crippen molar-refractivity contribution in [2.24, 2.45) is 5.73 Å². The highest BCUT2D eigenvalue weighted by Crippen LogP contribution is 2.29. The number of nitrogens with zero attached hydrogens (tertiary/aromatic N) is 2. The molecule has 3 rings (SSSR count). The third-order valence-corrected chi connectivity index (χ3v) is 6.78. The van der Waals surface area contributed by atoms with E-state index >= 15 is 0 Å². The Hall–Kier alpha value is -2.94. The second-order valence-corrected chi connectivity index (χ2v) is 9.35. The number of carbonyl (C=O) groups excluding carboxylic acids is 3. The van der Waals surface area contributed by atoms with E-state index in [9.17, 15) is 14.4 Å². The number of aromatic nitrogens is 1. The van der Waals surface area contributed by atoms with Crippen LogP contribution in [0, 0.1) is 0 Å². The van der Waals surface area contributed by atoms with E-state index in [2.05, 4.69) is 23.5 Å². The number of amides is 3. The SMILES string of the molecule is CC(C)c1ccc(N(C(=O)c2snc(C(N)=O)c2N)[C@@H](C)C(=O)NC2CCCCC2)cc1. The van der Waals surface area contributed by atoms with E-state index in [1.807, 2.05) is 24.3 Å². The van der Waals surface area contributed by atoms with Gasteiger partial charge in [-0.2, -0.15) is 4.37 Å². The number of benzene rings is 1. The lowest BCUT2D eigenvalue weighted by Crippen LogP contribution is -2.51. The lowest BCUT2D eigenvalue weighted by molar-refractivity contribution is -0.122. The largest absolute Gasteiger partial charge is 0.395 e. The molecule has 1 saturated carbocycles. The first-order valence-electron chi connectivity index (χ1n) is 11.0. The van der Waals surface area contributed by atoms with Crippen LogP contribution in [0.1, 0.15) is 84.5 Å². The molecule has 0 unspecified atom stereocenters. The fourth-order valence-corrected chi connectivity index (χ4v) is 4.70. The van der Waals surface area contributed by atoms with Crippen LogP contribution >= 0.6 is 11.5 Å². The van der Waals surface area contributed by atoms with Crippen LogP contribution in [0.15, 0.2) is 24.3 Å². The molecule has 8 nitrogen and oxygen atoms in total. The molecule has 1 aromatic carbocycles. The average molecular weight is 458 g/mol. The van der Waals surface area contributed by atoms with Crippen LogP contribution in [0.5, 0.6) is 0 Å². The number of hydrogen-bond acceptors (Lipinski definition) is 6. The van der Waals surface area contributed by atoms with Gasteiger partial charge in [0.25, 0.3) is 11.8 Å². The van der Waals surface area contributed by atoms with Crippen LogP contribution in [-0.4, -0.2) is 34.2 Å². The van der Waals surface area contributed by atoms with Gasteiger partial charge < -0.3 is 16.8 Å². The molecule has 9 heteroatoms. The fraction of sp³-hybridized carbons (Fsp3) is 0.478. The second-order valence-electron chi connectivity index (χ2n) is 8.58. The molecular formula is C23H31N5O3S. The summed E-state index contributed by atoms with van der Waals surface area (Å²) < 4.78 is 3.94. The van der Waals surface area contributed by atoms with Crippen molar-refractivity contribution in [2.45, 2.75) is 70.9 Å². The van der Waals surface area contributed by atoms with Crippen LogP contribution in [0.2, 0.25) is 0 Å². The fourth-order valence-electron chi connectivity index (χ4n) is 3.96. The van der Waals surface area contributed by atoms with Gasteiger partial charge in [0, 0.05) is 11.7 Å². The van der Waals surface area contributed by atoms with Crippen molar-refractivity contribution >= 4 is 40.6 Å². The van der Waals surface area contributed by atoms with Crippen molar-refractivity contribution in [1.82, 2.24) is 9.69 Å². The van der Waals surface area contributed by atoms with Gasteiger partial charge in [0.2, 0.25) is 5.91 Å². The molecule has 5 N–H and O–H groups in total. The molecule has 0 aliphatic heterocycles. The molecular weight excluding hydrogens is 426 g/mol. The van der Waals surface area contributed by atoms with E-state index < -0.39 is 17.9 Å². The predicted molar refractivity (Wildman–Crippen MR) is 127 cm³/mol. The van der Waals surface area contributed by atoms with E-state index in [0.29, 0.717) is 11.6 Å². The van der Waals surface area contributed by atoms with Crippen LogP contribution in [0.25, 0.3) is 0 Å². The summed E-state index contributed by atoms with van der Waals surface area (Å²) in [4.78, 5) is 39.7. The summed E-state index contributed by atoms with van der Waals surface area (Å²) in [6.45, 7) is 5.86. The Morgan fingerprint density at radius 3 is 2.25 bits per heavy atom. The summed E-state index contributed by atoms with van der Waals surface area (Å²) >= 11 is 0.810. The molecule has 2 aromatic rings. The summed E-state index contributed by atoms with van der Waals surface area (Å²) in [7, 11) is 0. The van der Waals surface area contributed by atoms with Gasteiger partial charge in [0.1, 0.15) is 10.9 Å². The van der Waals surface area contributed by atoms with Gasteiger partial charge in [-0.25, -0.2) is 0 Å². The third-order valence-electron chi connectivity index (χ3n) is 5.93. The first kappa shape index (κ1) is 23.7. The molecule has 1 atom stereocenters. The maximum atomic E-state index is 13.5. The minimum atomic E-state index is -0.797. The highest BCUT2D eigenvalue weighted by molar-refractivity contribution is 7.09. The average Bonchev–Trinajstić information content (AvgIpc) is 3.16. The number of hydrogen-bond donors (Lipinski definition) is 3. The van der Waals surface area contributed by atoms with Gasteiger partial charge in [-0.15, -0.1) is 0 Å². The zero-order valence-electron chi connectivity index (χ0n) is 18.8. The van der Waals surface area contributed by atoms with Crippen LogP contribution in [-0.2, 0) is 4.79 Å². The maximum Gasteiger partial charge on any atom is 0.272 e. The summed E-state index contributed by atoms with van der Waals surface area (Å²) in [5.41, 5.74) is 12.8. The first-order valence-corrected chi connectivity index (χ1v) is 11.8. The molecule has 0 spiro atoms. The highest BCUT2D eigenvalue weighted by atomic mass is 32.1. The van der Waals surface area contributed by atoms with Gasteiger partial charge in [0.15, 0.2) is 5.69 Å². The number of rotatable bonds is 7. The van der Waals surface area contributed by atoms with Crippen LogP contribution in [0.4, 0.5) is 11.4 Å². The minimum absolute atomic E-state index is 0.0591. The third kappa shape index (κ3) is 5.09. The molecule has 1 heterocycles. The molecule has 0 radical (unpaired) electrons. The van der Waals surface area contributed by atoms with Gasteiger partial charge in [0.05, 0.1) is 5.69 Å². The number of nitrogens with two attached hydrogens (primary N) is 2. The number of nitrogen functional groups attached to an aromatic ring is 1. The Balaban J connectivity index is 1.94. The molecule has 0 saturated heterocycles. The summed E-state index contributed by atoms with van der Waals surface area (Å²) in [6.07, 6.45) is 5.25. The Bertz CT molecular complexity index is 980. The zero-order valence-corrected chi connectivity index (χ0v) is 19.6. The lowest BCUT2D eigenvalue weighted by Gasteiger charge is -2.31. The van der Waals surface area contributed by atoms with E-state index in [1.54, 1.807) is 6.92 Å². The first-order chi connectivity index (χ1) is 15.2. The smallest absolute Gasteiger partial charge is 0.272 e. The Kier molecular flexibility index (Phi) is 7.50. The summed E-state index contributed by atoms with van der Waals surface area (Å²) in [5.74, 6) is -1.18. The van der Waals surface area contributed by atoms with Gasteiger partial charge >= 0.3 is 0 Å². The molecule has 1 aromatic heterocycles. The standard InChI is InChI=1S/C23H31N5O3S/c1-13(2)15-9-11-17(12-10-15)28(14(3)22(30)26-16-7-5-4-6-8-16)23(31)20-18(24)19(21(25)29)27-32-20/h9-14,16H,4-8,24H2,1-3H3,(H2,25,29)(H,26,30)/t14-/m0/s1. The van der Waals surface area contributed by atoms with Crippen molar-refractivity contribution in [3.8, 4) is 0 Å². The number of primary amides is 1. The lowest BCUT2D eigenvalue weighted by atomic mass is 9.95. The molecule has 1 fully saturated rings. The van der Waals surface area contributed by atoms with Crippen molar-refractivity contribution < 1.29 is 14.4 Å². The molecule has 3 amide bonds. The Labute approximate surface area is 192 Å². The maximum absolute atomic E-state index is 13.5. The Morgan fingerprint density at radius 1 is 1.09 bits per heavy atom. The van der Waals surface area contributed by atoms with Crippen LogP contribution in [0.3, 0.4) is 0 Å². The molecule has 0 bridgehead atoms. The van der Waals surface area contributed by atoms with Crippen molar-refractivity contribution in [3.63, 3.8) is 0 Å². The monoisotopic (exact) mass is 457 g/mol. The predicted octanol–water partition coefficient (Wildman–Crippen LogP) is 3.43. The second kappa shape index (κ2) is 10.1. The Morgan fingerprint density at radius 2 is 1.72 bits per heavy atom. The molecule has 172 valence electrons. The molecule has 1 aliphatic rings. The van der Waals surface area contributed by atoms with E-state index in [1.165, 1.54) is 11.3 Å². The van der Waals surface area contributed by atoms with Crippen molar-refractivity contribution in [1.29, 1.82) is 0 Å². The van der Waals surface area contributed by atoms with E-state index in [0.717, 1.165) is 42.8 Å². The summed E-state index contributed by atoms with van der Waals surface area (Å²) in [6, 6.07) is 6.86. The zero-order chi connectivity index (χ0) is 23.4. The minimum Gasteiger partial charge on any atom is -0.395 e.